The second-order valence-electron chi connectivity index (χ2n) is 13.8. The number of hydrogen-bond acceptors (Lipinski definition) is 10. The van der Waals surface area contributed by atoms with Crippen LogP contribution in [0.1, 0.15) is 40.2 Å². The zero-order valence-corrected chi connectivity index (χ0v) is 32.7. The van der Waals surface area contributed by atoms with Crippen molar-refractivity contribution in [3.8, 4) is 0 Å². The first-order valence-electron chi connectivity index (χ1n) is 16.5. The predicted molar refractivity (Wildman–Crippen MR) is 186 cm³/mol. The van der Waals surface area contributed by atoms with Crippen molar-refractivity contribution >= 4 is 33.7 Å². The number of hydrogen-bond donors (Lipinski definition) is 0. The van der Waals surface area contributed by atoms with Crippen molar-refractivity contribution in [3.05, 3.63) is 66.2 Å². The summed E-state index contributed by atoms with van der Waals surface area (Å²) >= 11 is -0.184. The molecule has 0 radical (unpaired) electrons. The molecule has 2 fully saturated rings. The Hall–Kier alpha value is -1.67. The molecule has 0 aliphatic carbocycles. The van der Waals surface area contributed by atoms with Gasteiger partial charge in [0, 0.05) is 0 Å². The zero-order valence-electron chi connectivity index (χ0n) is 30.0. The van der Waals surface area contributed by atoms with Crippen LogP contribution in [0.25, 0.3) is 0 Å². The molecule has 2 aromatic carbocycles. The Labute approximate surface area is 293 Å². The van der Waals surface area contributed by atoms with Crippen molar-refractivity contribution in [1.82, 2.24) is 0 Å². The maximum absolute atomic E-state index is 12.5. The summed E-state index contributed by atoms with van der Waals surface area (Å²) in [4.78, 5) is 12.2. The van der Waals surface area contributed by atoms with E-state index >= 15 is 0 Å². The molecule has 2 aromatic rings. The van der Waals surface area contributed by atoms with E-state index in [0.717, 1.165) is 10.0 Å². The fourth-order valence-electron chi connectivity index (χ4n) is 5.78. The average Bonchev–Trinajstić information content (AvgIpc) is 3.04. The van der Waals surface area contributed by atoms with Crippen molar-refractivity contribution in [2.24, 2.45) is 0 Å². The van der Waals surface area contributed by atoms with Crippen LogP contribution < -0.4 is 4.46 Å². The van der Waals surface area contributed by atoms with E-state index in [1.54, 1.807) is 14.2 Å². The molecule has 2 aliphatic heterocycles. The maximum atomic E-state index is 12.5. The summed E-state index contributed by atoms with van der Waals surface area (Å²) in [6.07, 6.45) is -5.77. The van der Waals surface area contributed by atoms with Crippen molar-refractivity contribution < 1.29 is 47.1 Å². The number of rotatable bonds is 14. The van der Waals surface area contributed by atoms with E-state index in [4.69, 9.17) is 42.3 Å². The first-order chi connectivity index (χ1) is 22.8. The van der Waals surface area contributed by atoms with Crippen molar-refractivity contribution in [2.45, 2.75) is 119 Å². The van der Waals surface area contributed by atoms with E-state index in [-0.39, 0.29) is 49.7 Å². The number of methoxy groups -OCH3 is 3. The topological polar surface area (TPSA) is 100 Å². The Kier molecular flexibility index (Phi) is 14.3. The van der Waals surface area contributed by atoms with Crippen LogP contribution in [0.4, 0.5) is 0 Å². The van der Waals surface area contributed by atoms with Crippen LogP contribution in [0.15, 0.2) is 60.7 Å². The van der Waals surface area contributed by atoms with Gasteiger partial charge in [-0.25, -0.2) is 0 Å². The second-order valence-corrected chi connectivity index (χ2v) is 21.2. The van der Waals surface area contributed by atoms with Gasteiger partial charge in [-0.05, 0) is 0 Å². The van der Waals surface area contributed by atoms with Crippen LogP contribution in [0.2, 0.25) is 22.9 Å². The molecule has 10 atom stereocenters. The minimum atomic E-state index is -2.27. The fourth-order valence-corrected chi connectivity index (χ4v) is 9.73. The van der Waals surface area contributed by atoms with Gasteiger partial charge in [0.1, 0.15) is 0 Å². The summed E-state index contributed by atoms with van der Waals surface area (Å²) in [6.45, 7) is 15.2. The molecule has 0 bridgehead atoms. The molecule has 10 nitrogen and oxygen atoms in total. The van der Waals surface area contributed by atoms with Crippen molar-refractivity contribution in [3.63, 3.8) is 0 Å². The predicted octanol–water partition coefficient (Wildman–Crippen LogP) is 4.87. The summed E-state index contributed by atoms with van der Waals surface area (Å²) in [5.41, 5.74) is 1.06. The van der Waals surface area contributed by atoms with Gasteiger partial charge >= 0.3 is 294 Å². The van der Waals surface area contributed by atoms with E-state index in [2.05, 4.69) is 58.1 Å². The van der Waals surface area contributed by atoms with Gasteiger partial charge in [0.15, 0.2) is 0 Å². The first kappa shape index (κ1) is 39.1. The van der Waals surface area contributed by atoms with Crippen LogP contribution >= 0.6 is 0 Å². The Balaban J connectivity index is 1.76. The molecule has 0 aromatic heterocycles. The first-order valence-corrected chi connectivity index (χ1v) is 21.3. The van der Waals surface area contributed by atoms with Gasteiger partial charge in [0.05, 0.1) is 0 Å². The Morgan fingerprint density at radius 1 is 0.833 bits per heavy atom. The Morgan fingerprint density at radius 3 is 2.04 bits per heavy atom. The normalized spacial score (nSPS) is 31.4. The molecule has 48 heavy (non-hydrogen) atoms. The molecular weight excluding hydrogens is 699 g/mol. The zero-order chi connectivity index (χ0) is 35.1. The summed E-state index contributed by atoms with van der Waals surface area (Å²) in [6, 6.07) is 20.5. The third-order valence-electron chi connectivity index (χ3n) is 9.28. The quantitative estimate of drug-likeness (QED) is 0.196. The molecule has 0 spiro atoms. The third-order valence-corrected chi connectivity index (χ3v) is 16.5. The van der Waals surface area contributed by atoms with E-state index in [0.29, 0.717) is 6.61 Å². The third kappa shape index (κ3) is 9.76. The summed E-state index contributed by atoms with van der Waals surface area (Å²) in [7, 11) is 2.40. The van der Waals surface area contributed by atoms with Crippen LogP contribution in [0.5, 0.6) is 0 Å². The molecule has 2 heterocycles. The fraction of sp³-hybridized carbons (Fsp3) is 0.639. The molecule has 0 amide bonds. The number of esters is 1. The van der Waals surface area contributed by atoms with E-state index < -0.39 is 51.3 Å². The summed E-state index contributed by atoms with van der Waals surface area (Å²) in [5, 5.41) is -0.0274. The van der Waals surface area contributed by atoms with Gasteiger partial charge in [-0.2, -0.15) is 0 Å². The average molecular weight is 754 g/mol. The Bertz CT molecular complexity index is 1260. The Morgan fingerprint density at radius 2 is 1.48 bits per heavy atom. The molecular formula is C36H54O10SeSi. The second kappa shape index (κ2) is 17.5. The monoisotopic (exact) mass is 754 g/mol. The van der Waals surface area contributed by atoms with Gasteiger partial charge in [-0.3, -0.25) is 0 Å². The van der Waals surface area contributed by atoms with Gasteiger partial charge < -0.3 is 0 Å². The SMILES string of the molecule is COC[C@H]1O[C@H](OC)[C@H](O[C@H]2O[C@H](C)[C@@H](O[Si](C)(C)C(C)(C)C)[C@H](OCc3ccccc3)[C@@H]2[Se]c2ccccc2)[C@@H](OC(C)=O)[C@@H]1OC. The molecule has 12 heteroatoms. The van der Waals surface area contributed by atoms with Crippen molar-refractivity contribution in [1.29, 1.82) is 0 Å². The number of carbonyl (C=O) groups is 1. The van der Waals surface area contributed by atoms with Crippen LogP contribution in [-0.4, -0.2) is 112 Å². The minimum absolute atomic E-state index is 0.0274. The summed E-state index contributed by atoms with van der Waals surface area (Å²) in [5.74, 6) is -0.474. The van der Waals surface area contributed by atoms with Gasteiger partial charge in [-0.1, -0.05) is 0 Å². The molecule has 0 N–H and O–H groups in total. The van der Waals surface area contributed by atoms with Gasteiger partial charge in [0.2, 0.25) is 0 Å². The van der Waals surface area contributed by atoms with Crippen LogP contribution in [-0.2, 0) is 53.7 Å². The standard InChI is InChI=1S/C36H54O10SeSi/c1-23-28(46-48(9,10)36(3,4)5)31(41-21-25-17-13-11-14-18-25)33(47-26-19-15-12-16-20-26)35(42-23)45-32-30(43-24(2)37)29(39-7)27(22-38-6)44-34(32)40-8/h11-20,23,27-35H,21-22H2,1-10H3/t23-,27-,28-,29-,30+,31+,32-,33+,34+,35-/m1/s1. The number of ether oxygens (including phenoxy) is 8. The van der Waals surface area contributed by atoms with Crippen LogP contribution in [0, 0.1) is 0 Å². The molecule has 2 aliphatic rings. The van der Waals surface area contributed by atoms with Gasteiger partial charge in [-0.15, -0.1) is 0 Å². The molecule has 268 valence electrons. The summed E-state index contributed by atoms with van der Waals surface area (Å²) < 4.78 is 58.2. The number of benzene rings is 2. The van der Waals surface area contributed by atoms with E-state index in [1.165, 1.54) is 14.0 Å². The molecule has 2 saturated heterocycles. The van der Waals surface area contributed by atoms with Gasteiger partial charge in [0.25, 0.3) is 0 Å². The van der Waals surface area contributed by atoms with Crippen LogP contribution in [0.3, 0.4) is 0 Å². The van der Waals surface area contributed by atoms with E-state index in [9.17, 15) is 4.79 Å². The number of carbonyl (C=O) groups excluding carboxylic acids is 1. The van der Waals surface area contributed by atoms with Crippen molar-refractivity contribution in [2.75, 3.05) is 27.9 Å². The molecule has 4 rings (SSSR count). The molecule has 0 unspecified atom stereocenters. The van der Waals surface area contributed by atoms with E-state index in [1.807, 2.05) is 43.3 Å². The molecule has 0 saturated carbocycles.